The van der Waals surface area contributed by atoms with Gasteiger partial charge < -0.3 is 10.1 Å². The van der Waals surface area contributed by atoms with Crippen molar-refractivity contribution in [3.05, 3.63) is 119 Å². The average Bonchev–Trinajstić information content (AvgIpc) is 2.82. The van der Waals surface area contributed by atoms with E-state index in [9.17, 15) is 5.26 Å². The van der Waals surface area contributed by atoms with Crippen molar-refractivity contribution in [1.82, 2.24) is 5.32 Å². The second-order valence-electron chi connectivity index (χ2n) is 6.70. The summed E-state index contributed by atoms with van der Waals surface area (Å²) in [6, 6.07) is 34.6. The van der Waals surface area contributed by atoms with Crippen LogP contribution in [0.25, 0.3) is 0 Å². The van der Waals surface area contributed by atoms with Crippen molar-refractivity contribution >= 4 is 0 Å². The van der Waals surface area contributed by atoms with E-state index < -0.39 is 5.60 Å². The minimum Gasteiger partial charge on any atom is -0.377 e. The Hall–Kier alpha value is -3.86. The Kier molecular flexibility index (Phi) is 7.39. The van der Waals surface area contributed by atoms with Gasteiger partial charge in [0, 0.05) is 18.2 Å². The van der Waals surface area contributed by atoms with Crippen molar-refractivity contribution in [1.29, 1.82) is 10.5 Å². The van der Waals surface area contributed by atoms with Crippen LogP contribution in [-0.4, -0.2) is 13.2 Å². The summed E-state index contributed by atoms with van der Waals surface area (Å²) in [5.74, 6) is 0. The largest absolute Gasteiger partial charge is 0.377 e. The molecule has 148 valence electrons. The molecule has 0 radical (unpaired) electrons. The van der Waals surface area contributed by atoms with E-state index in [1.165, 1.54) is 0 Å². The topological polar surface area (TPSA) is 68.8 Å². The molecule has 0 spiro atoms. The molecule has 0 atom stereocenters. The smallest absolute Gasteiger partial charge is 0.143 e. The molecular formula is C26H23N3O. The summed E-state index contributed by atoms with van der Waals surface area (Å²) in [4.78, 5) is 0. The first-order valence-electron chi connectivity index (χ1n) is 9.81. The lowest BCUT2D eigenvalue weighted by Crippen LogP contribution is -2.33. The SMILES string of the molecule is N#CCN/C=C(\C#N)CCOC(c1ccccc1)(c1ccccc1)c1ccccc1. The van der Waals surface area contributed by atoms with E-state index in [0.717, 1.165) is 16.7 Å². The normalized spacial score (nSPS) is 11.3. The number of nitrogens with zero attached hydrogens (tertiary/aromatic N) is 2. The van der Waals surface area contributed by atoms with Crippen LogP contribution in [-0.2, 0) is 10.3 Å². The van der Waals surface area contributed by atoms with E-state index in [2.05, 4.69) is 47.8 Å². The molecule has 0 aliphatic heterocycles. The van der Waals surface area contributed by atoms with Crippen LogP contribution >= 0.6 is 0 Å². The van der Waals surface area contributed by atoms with Crippen molar-refractivity contribution in [2.45, 2.75) is 12.0 Å². The first-order valence-corrected chi connectivity index (χ1v) is 9.81. The molecule has 0 unspecified atom stereocenters. The Morgan fingerprint density at radius 1 is 0.800 bits per heavy atom. The molecule has 4 nitrogen and oxygen atoms in total. The van der Waals surface area contributed by atoms with E-state index in [4.69, 9.17) is 10.00 Å². The molecule has 3 aromatic carbocycles. The van der Waals surface area contributed by atoms with Gasteiger partial charge in [0.2, 0.25) is 0 Å². The van der Waals surface area contributed by atoms with Gasteiger partial charge in [-0.2, -0.15) is 10.5 Å². The second kappa shape index (κ2) is 10.6. The lowest BCUT2D eigenvalue weighted by molar-refractivity contribution is 0.0151. The van der Waals surface area contributed by atoms with Crippen molar-refractivity contribution in [3.63, 3.8) is 0 Å². The molecule has 3 aromatic rings. The van der Waals surface area contributed by atoms with E-state index in [-0.39, 0.29) is 6.54 Å². The zero-order chi connectivity index (χ0) is 21.1. The molecule has 0 saturated heterocycles. The predicted octanol–water partition coefficient (Wildman–Crippen LogP) is 4.91. The second-order valence-corrected chi connectivity index (χ2v) is 6.70. The number of hydrogen-bond donors (Lipinski definition) is 1. The van der Waals surface area contributed by atoms with Gasteiger partial charge in [-0.25, -0.2) is 0 Å². The van der Waals surface area contributed by atoms with Crippen molar-refractivity contribution in [2.24, 2.45) is 0 Å². The predicted molar refractivity (Wildman–Crippen MR) is 117 cm³/mol. The summed E-state index contributed by atoms with van der Waals surface area (Å²) in [5.41, 5.74) is 2.80. The maximum absolute atomic E-state index is 9.41. The van der Waals surface area contributed by atoms with Gasteiger partial charge in [-0.3, -0.25) is 0 Å². The first-order chi connectivity index (χ1) is 14.8. The molecule has 0 saturated carbocycles. The molecule has 0 fully saturated rings. The van der Waals surface area contributed by atoms with Crippen LogP contribution in [0, 0.1) is 22.7 Å². The summed E-state index contributed by atoms with van der Waals surface area (Å²) < 4.78 is 6.64. The standard InChI is InChI=1S/C26H23N3O/c27-17-18-29-21-22(20-28)16-19-30-26(23-10-4-1-5-11-23,24-12-6-2-7-13-24)25-14-8-3-9-15-25/h1-15,21,29H,16,18-19H2/b22-21-. The fourth-order valence-electron chi connectivity index (χ4n) is 3.46. The van der Waals surface area contributed by atoms with E-state index in [1.54, 1.807) is 6.20 Å². The third-order valence-electron chi connectivity index (χ3n) is 4.83. The van der Waals surface area contributed by atoms with Crippen molar-refractivity contribution in [3.8, 4) is 12.1 Å². The van der Waals surface area contributed by atoms with Gasteiger partial charge in [-0.15, -0.1) is 0 Å². The Morgan fingerprint density at radius 3 is 1.67 bits per heavy atom. The average molecular weight is 393 g/mol. The highest BCUT2D eigenvalue weighted by molar-refractivity contribution is 5.47. The molecule has 0 aliphatic rings. The van der Waals surface area contributed by atoms with Crippen LogP contribution in [0.2, 0.25) is 0 Å². The molecule has 0 heterocycles. The highest BCUT2D eigenvalue weighted by Gasteiger charge is 2.37. The molecule has 0 aliphatic carbocycles. The number of benzene rings is 3. The van der Waals surface area contributed by atoms with Crippen LogP contribution in [0.3, 0.4) is 0 Å². The number of ether oxygens (including phenoxy) is 1. The minimum atomic E-state index is -0.801. The van der Waals surface area contributed by atoms with E-state index in [1.807, 2.05) is 60.7 Å². The summed E-state index contributed by atoms with van der Waals surface area (Å²) in [6.45, 7) is 0.500. The summed E-state index contributed by atoms with van der Waals surface area (Å²) in [6.07, 6.45) is 2.02. The third kappa shape index (κ3) is 4.75. The zero-order valence-electron chi connectivity index (χ0n) is 16.7. The number of nitriles is 2. The van der Waals surface area contributed by atoms with Gasteiger partial charge in [0.25, 0.3) is 0 Å². The number of rotatable bonds is 9. The van der Waals surface area contributed by atoms with Crippen molar-refractivity contribution in [2.75, 3.05) is 13.2 Å². The monoisotopic (exact) mass is 393 g/mol. The lowest BCUT2D eigenvalue weighted by Gasteiger charge is -2.36. The molecule has 0 amide bonds. The minimum absolute atomic E-state index is 0.161. The Morgan fingerprint density at radius 2 is 1.27 bits per heavy atom. The van der Waals surface area contributed by atoms with Crippen LogP contribution in [0.4, 0.5) is 0 Å². The molecule has 30 heavy (non-hydrogen) atoms. The Balaban J connectivity index is 2.01. The van der Waals surface area contributed by atoms with Crippen LogP contribution in [0.1, 0.15) is 23.1 Å². The maximum Gasteiger partial charge on any atom is 0.143 e. The molecule has 4 heteroatoms. The Labute approximate surface area is 177 Å². The zero-order valence-corrected chi connectivity index (χ0v) is 16.7. The van der Waals surface area contributed by atoms with E-state index >= 15 is 0 Å². The van der Waals surface area contributed by atoms with Gasteiger partial charge in [-0.05, 0) is 16.7 Å². The number of nitrogens with one attached hydrogen (secondary N) is 1. The first kappa shape index (κ1) is 20.9. The lowest BCUT2D eigenvalue weighted by atomic mass is 9.80. The summed E-state index contributed by atoms with van der Waals surface area (Å²) >= 11 is 0. The molecule has 0 bridgehead atoms. The highest BCUT2D eigenvalue weighted by Crippen LogP contribution is 2.40. The van der Waals surface area contributed by atoms with Gasteiger partial charge in [0.05, 0.1) is 18.7 Å². The molecule has 0 aromatic heterocycles. The fraction of sp³-hybridized carbons (Fsp3) is 0.154. The van der Waals surface area contributed by atoms with Crippen LogP contribution in [0.5, 0.6) is 0 Å². The quantitative estimate of drug-likeness (QED) is 0.243. The molecule has 1 N–H and O–H groups in total. The maximum atomic E-state index is 9.41. The van der Waals surface area contributed by atoms with E-state index in [0.29, 0.717) is 18.6 Å². The van der Waals surface area contributed by atoms with Gasteiger partial charge in [-0.1, -0.05) is 91.0 Å². The van der Waals surface area contributed by atoms with Gasteiger partial charge in [0.15, 0.2) is 0 Å². The van der Waals surface area contributed by atoms with Crippen LogP contribution < -0.4 is 5.32 Å². The molecular weight excluding hydrogens is 370 g/mol. The molecule has 3 rings (SSSR count). The number of hydrogen-bond acceptors (Lipinski definition) is 4. The van der Waals surface area contributed by atoms with Gasteiger partial charge >= 0.3 is 0 Å². The van der Waals surface area contributed by atoms with Crippen LogP contribution in [0.15, 0.2) is 103 Å². The Bertz CT molecular complexity index is 936. The van der Waals surface area contributed by atoms with Crippen molar-refractivity contribution < 1.29 is 4.74 Å². The third-order valence-corrected chi connectivity index (χ3v) is 4.83. The summed E-state index contributed by atoms with van der Waals surface area (Å²) in [7, 11) is 0. The summed E-state index contributed by atoms with van der Waals surface area (Å²) in [5, 5.41) is 20.9. The fourth-order valence-corrected chi connectivity index (χ4v) is 3.46. The van der Waals surface area contributed by atoms with Gasteiger partial charge in [0.1, 0.15) is 12.1 Å². The highest BCUT2D eigenvalue weighted by atomic mass is 16.5.